The molecule has 0 unspecified atom stereocenters. The maximum absolute atomic E-state index is 10.9. The fraction of sp³-hybridized carbons (Fsp3) is 0.462. The number of sulfonamides is 1. The Hall–Kier alpha value is -1.05. The predicted octanol–water partition coefficient (Wildman–Crippen LogP) is 1.82. The van der Waals surface area contributed by atoms with Crippen molar-refractivity contribution in [3.8, 4) is 0 Å². The van der Waals surface area contributed by atoms with E-state index in [-0.39, 0.29) is 0 Å². The van der Waals surface area contributed by atoms with Gasteiger partial charge in [-0.15, -0.1) is 0 Å². The van der Waals surface area contributed by atoms with Gasteiger partial charge in [0, 0.05) is 24.2 Å². The molecule has 0 amide bonds. The summed E-state index contributed by atoms with van der Waals surface area (Å²) in [5.41, 5.74) is 3.20. The highest BCUT2D eigenvalue weighted by atomic mass is 32.2. The molecule has 2 aromatic heterocycles. The molecule has 0 aliphatic carbocycles. The minimum absolute atomic E-state index is 0.496. The van der Waals surface area contributed by atoms with Crippen molar-refractivity contribution in [2.45, 2.75) is 19.1 Å². The summed E-state index contributed by atoms with van der Waals surface area (Å²) in [6.07, 6.45) is 4.07. The maximum Gasteiger partial charge on any atom is 0.208 e. The van der Waals surface area contributed by atoms with E-state index < -0.39 is 10.0 Å². The van der Waals surface area contributed by atoms with Crippen LogP contribution in [0, 0.1) is 6.92 Å². The Morgan fingerprint density at radius 2 is 2.20 bits per heavy atom. The molecule has 2 rings (SSSR count). The first-order valence-corrected chi connectivity index (χ1v) is 9.46. The average Bonchev–Trinajstić information content (AvgIpc) is 2.77. The van der Waals surface area contributed by atoms with Crippen molar-refractivity contribution >= 4 is 27.4 Å². The standard InChI is InChI=1S/C13H19N3O2S2/c1-11-5-3-6-13-15-12(9-16(11)13)10-19-8-4-7-14-20(2,17)18/h3,5-6,9,14H,4,7-8,10H2,1-2H3. The zero-order valence-electron chi connectivity index (χ0n) is 11.7. The molecule has 0 saturated carbocycles. The van der Waals surface area contributed by atoms with Gasteiger partial charge in [0.05, 0.1) is 11.9 Å². The third-order valence-electron chi connectivity index (χ3n) is 2.83. The van der Waals surface area contributed by atoms with Gasteiger partial charge in [-0.2, -0.15) is 11.8 Å². The van der Waals surface area contributed by atoms with Gasteiger partial charge < -0.3 is 4.40 Å². The van der Waals surface area contributed by atoms with Crippen LogP contribution in [0.15, 0.2) is 24.4 Å². The summed E-state index contributed by atoms with van der Waals surface area (Å²) in [4.78, 5) is 4.56. The van der Waals surface area contributed by atoms with Crippen molar-refractivity contribution < 1.29 is 8.42 Å². The Balaban J connectivity index is 1.77. The average molecular weight is 313 g/mol. The van der Waals surface area contributed by atoms with Gasteiger partial charge in [0.2, 0.25) is 10.0 Å². The minimum atomic E-state index is -3.06. The molecule has 0 aliphatic rings. The van der Waals surface area contributed by atoms with Gasteiger partial charge in [-0.1, -0.05) is 6.07 Å². The van der Waals surface area contributed by atoms with Crippen LogP contribution in [0.3, 0.4) is 0 Å². The molecule has 0 atom stereocenters. The molecule has 0 radical (unpaired) electrons. The van der Waals surface area contributed by atoms with Crippen molar-refractivity contribution in [1.29, 1.82) is 0 Å². The molecular formula is C13H19N3O2S2. The lowest BCUT2D eigenvalue weighted by Gasteiger charge is -2.01. The molecule has 0 bridgehead atoms. The largest absolute Gasteiger partial charge is 0.304 e. The van der Waals surface area contributed by atoms with E-state index in [0.717, 1.165) is 29.3 Å². The van der Waals surface area contributed by atoms with Gasteiger partial charge in [0.15, 0.2) is 0 Å². The third kappa shape index (κ3) is 4.50. The number of fused-ring (bicyclic) bond motifs is 1. The first-order valence-electron chi connectivity index (χ1n) is 6.42. The topological polar surface area (TPSA) is 63.5 Å². The lowest BCUT2D eigenvalue weighted by Crippen LogP contribution is -2.23. The number of nitrogens with zero attached hydrogens (tertiary/aromatic N) is 2. The number of aromatic nitrogens is 2. The van der Waals surface area contributed by atoms with Crippen molar-refractivity contribution in [2.75, 3.05) is 18.6 Å². The van der Waals surface area contributed by atoms with Crippen LogP contribution in [0.5, 0.6) is 0 Å². The van der Waals surface area contributed by atoms with Crippen LogP contribution in [0.2, 0.25) is 0 Å². The number of hydrogen-bond acceptors (Lipinski definition) is 4. The number of pyridine rings is 1. The Kier molecular flexibility index (Phi) is 5.06. The summed E-state index contributed by atoms with van der Waals surface area (Å²) in [6, 6.07) is 6.06. The van der Waals surface area contributed by atoms with Gasteiger partial charge in [0.25, 0.3) is 0 Å². The first-order chi connectivity index (χ1) is 9.46. The van der Waals surface area contributed by atoms with Gasteiger partial charge in [-0.25, -0.2) is 18.1 Å². The number of nitrogens with one attached hydrogen (secondary N) is 1. The van der Waals surface area contributed by atoms with Crippen LogP contribution < -0.4 is 4.72 Å². The SMILES string of the molecule is Cc1cccc2nc(CSCCCNS(C)(=O)=O)cn12. The number of hydrogen-bond donors (Lipinski definition) is 1. The number of imidazole rings is 1. The zero-order valence-corrected chi connectivity index (χ0v) is 13.3. The summed E-state index contributed by atoms with van der Waals surface area (Å²) in [5, 5.41) is 0. The smallest absolute Gasteiger partial charge is 0.208 e. The van der Waals surface area contributed by atoms with Gasteiger partial charge in [-0.05, 0) is 31.2 Å². The summed E-state index contributed by atoms with van der Waals surface area (Å²) in [7, 11) is -3.06. The molecule has 0 aliphatic heterocycles. The van der Waals surface area contributed by atoms with Crippen LogP contribution in [0.4, 0.5) is 0 Å². The molecule has 20 heavy (non-hydrogen) atoms. The molecule has 5 nitrogen and oxygen atoms in total. The summed E-state index contributed by atoms with van der Waals surface area (Å²) >= 11 is 1.77. The van der Waals surface area contributed by atoms with E-state index in [1.54, 1.807) is 11.8 Å². The van der Waals surface area contributed by atoms with Crippen LogP contribution in [0.1, 0.15) is 17.8 Å². The molecular weight excluding hydrogens is 294 g/mol. The Labute approximate surface area is 123 Å². The Morgan fingerprint density at radius 1 is 1.40 bits per heavy atom. The van der Waals surface area contributed by atoms with Crippen LogP contribution in [0.25, 0.3) is 5.65 Å². The lowest BCUT2D eigenvalue weighted by atomic mass is 10.4. The van der Waals surface area contributed by atoms with E-state index in [1.165, 1.54) is 11.9 Å². The molecule has 2 heterocycles. The summed E-state index contributed by atoms with van der Waals surface area (Å²) < 4.78 is 26.3. The second-order valence-electron chi connectivity index (χ2n) is 4.70. The van der Waals surface area contributed by atoms with Gasteiger partial charge in [-0.3, -0.25) is 0 Å². The normalized spacial score (nSPS) is 12.1. The monoisotopic (exact) mass is 313 g/mol. The van der Waals surface area contributed by atoms with Crippen LogP contribution in [-0.2, 0) is 15.8 Å². The van der Waals surface area contributed by atoms with Crippen molar-refractivity contribution in [1.82, 2.24) is 14.1 Å². The second kappa shape index (κ2) is 6.60. The van der Waals surface area contributed by atoms with Crippen LogP contribution in [-0.4, -0.2) is 36.4 Å². The maximum atomic E-state index is 10.9. The second-order valence-corrected chi connectivity index (χ2v) is 7.64. The van der Waals surface area contributed by atoms with Crippen molar-refractivity contribution in [3.63, 3.8) is 0 Å². The lowest BCUT2D eigenvalue weighted by molar-refractivity contribution is 0.587. The zero-order chi connectivity index (χ0) is 14.6. The minimum Gasteiger partial charge on any atom is -0.304 e. The highest BCUT2D eigenvalue weighted by molar-refractivity contribution is 7.98. The number of thioether (sulfide) groups is 1. The molecule has 110 valence electrons. The third-order valence-corrected chi connectivity index (χ3v) is 4.63. The molecule has 0 fully saturated rings. The quantitative estimate of drug-likeness (QED) is 0.792. The fourth-order valence-electron chi connectivity index (χ4n) is 1.88. The van der Waals surface area contributed by atoms with E-state index in [9.17, 15) is 8.42 Å². The van der Waals surface area contributed by atoms with E-state index in [1.807, 2.05) is 12.1 Å². The van der Waals surface area contributed by atoms with E-state index in [2.05, 4.69) is 33.3 Å². The summed E-state index contributed by atoms with van der Waals surface area (Å²) in [5.74, 6) is 1.76. The molecule has 0 saturated heterocycles. The summed E-state index contributed by atoms with van der Waals surface area (Å²) in [6.45, 7) is 2.55. The number of aryl methyl sites for hydroxylation is 1. The molecule has 7 heteroatoms. The molecule has 1 N–H and O–H groups in total. The first kappa shape index (κ1) is 15.3. The molecule has 0 spiro atoms. The highest BCUT2D eigenvalue weighted by Crippen LogP contribution is 2.14. The van der Waals surface area contributed by atoms with E-state index in [0.29, 0.717) is 6.54 Å². The molecule has 0 aromatic carbocycles. The Morgan fingerprint density at radius 3 is 2.90 bits per heavy atom. The van der Waals surface area contributed by atoms with Crippen molar-refractivity contribution in [2.24, 2.45) is 0 Å². The Bertz CT molecular complexity index is 680. The van der Waals surface area contributed by atoms with Crippen molar-refractivity contribution in [3.05, 3.63) is 35.8 Å². The van der Waals surface area contributed by atoms with E-state index >= 15 is 0 Å². The van der Waals surface area contributed by atoms with Crippen LogP contribution >= 0.6 is 11.8 Å². The van der Waals surface area contributed by atoms with Gasteiger partial charge >= 0.3 is 0 Å². The highest BCUT2D eigenvalue weighted by Gasteiger charge is 2.03. The fourth-order valence-corrected chi connectivity index (χ4v) is 3.23. The van der Waals surface area contributed by atoms with Gasteiger partial charge in [0.1, 0.15) is 5.65 Å². The number of rotatable bonds is 7. The predicted molar refractivity (Wildman–Crippen MR) is 83.6 cm³/mol. The molecule has 2 aromatic rings. The van der Waals surface area contributed by atoms with E-state index in [4.69, 9.17) is 0 Å².